The Hall–Kier alpha value is -1.39. The molecule has 0 N–H and O–H groups in total. The molecule has 2 aliphatic rings. The minimum Gasteiger partial charge on any atom is -0.291 e. The molecule has 4 heteroatoms. The zero-order valence-corrected chi connectivity index (χ0v) is 17.7. The molecule has 0 aromatic heterocycles. The normalized spacial score (nSPS) is 28.8. The third kappa shape index (κ3) is 3.79. The summed E-state index contributed by atoms with van der Waals surface area (Å²) in [6.45, 7) is 5.98. The van der Waals surface area contributed by atoms with Crippen LogP contribution in [0.4, 0.5) is 0 Å². The average Bonchev–Trinajstić information content (AvgIpc) is 2.93. The van der Waals surface area contributed by atoms with Crippen LogP contribution in [0.2, 0.25) is 6.04 Å². The monoisotopic (exact) mass is 396 g/mol. The highest BCUT2D eigenvalue weighted by atomic mass is 35.6. The molecule has 0 amide bonds. The molecule has 1 aliphatic heterocycles. The van der Waals surface area contributed by atoms with E-state index in [1.54, 1.807) is 0 Å². The van der Waals surface area contributed by atoms with E-state index >= 15 is 0 Å². The van der Waals surface area contributed by atoms with Crippen LogP contribution in [0.5, 0.6) is 0 Å². The van der Waals surface area contributed by atoms with Crippen molar-refractivity contribution in [1.29, 1.82) is 0 Å². The highest BCUT2D eigenvalue weighted by Crippen LogP contribution is 2.45. The fourth-order valence-corrected chi connectivity index (χ4v) is 10.0. The zero-order chi connectivity index (χ0) is 18.7. The Labute approximate surface area is 169 Å². The number of benzene rings is 2. The Balaban J connectivity index is 1.69. The second-order valence-electron chi connectivity index (χ2n) is 7.86. The van der Waals surface area contributed by atoms with Crippen molar-refractivity contribution in [3.8, 4) is 0 Å². The van der Waals surface area contributed by atoms with Crippen molar-refractivity contribution in [3.63, 3.8) is 0 Å². The number of allylic oxidation sites excluding steroid dienone is 1. The fraction of sp³-hybridized carbons (Fsp3) is 0.391. The van der Waals surface area contributed by atoms with Gasteiger partial charge in [-0.1, -0.05) is 79.6 Å². The Morgan fingerprint density at radius 1 is 0.852 bits per heavy atom. The molecule has 0 spiro atoms. The van der Waals surface area contributed by atoms with Gasteiger partial charge in [0.2, 0.25) is 0 Å². The van der Waals surface area contributed by atoms with Crippen molar-refractivity contribution >= 4 is 18.8 Å². The van der Waals surface area contributed by atoms with Gasteiger partial charge in [0.1, 0.15) is 0 Å². The van der Waals surface area contributed by atoms with Crippen LogP contribution in [-0.4, -0.2) is 28.9 Å². The highest BCUT2D eigenvalue weighted by molar-refractivity contribution is 7.17. The number of nitrogens with zero attached hydrogens (tertiary/aromatic N) is 2. The predicted octanol–water partition coefficient (Wildman–Crippen LogP) is 5.68. The zero-order valence-electron chi connectivity index (χ0n) is 15.9. The first-order valence-corrected chi connectivity index (χ1v) is 13.2. The molecule has 2 unspecified atom stereocenters. The molecule has 27 heavy (non-hydrogen) atoms. The minimum absolute atomic E-state index is 0.576. The molecule has 1 saturated carbocycles. The van der Waals surface area contributed by atoms with E-state index in [9.17, 15) is 0 Å². The maximum absolute atomic E-state index is 7.60. The second kappa shape index (κ2) is 8.32. The summed E-state index contributed by atoms with van der Waals surface area (Å²) in [4.78, 5) is 0. The molecular formula is C23H29ClN2Si. The van der Waals surface area contributed by atoms with Gasteiger partial charge in [-0.2, -0.15) is 0 Å². The van der Waals surface area contributed by atoms with E-state index in [1.807, 2.05) is 6.08 Å². The van der Waals surface area contributed by atoms with Crippen LogP contribution in [-0.2, 0) is 13.1 Å². The van der Waals surface area contributed by atoms with Gasteiger partial charge < -0.3 is 0 Å². The number of rotatable bonds is 6. The molecule has 142 valence electrons. The summed E-state index contributed by atoms with van der Waals surface area (Å²) < 4.78 is 5.39. The van der Waals surface area contributed by atoms with Gasteiger partial charge in [0, 0.05) is 31.2 Å². The third-order valence-corrected chi connectivity index (χ3v) is 11.5. The Morgan fingerprint density at radius 3 is 1.70 bits per heavy atom. The molecule has 0 bridgehead atoms. The van der Waals surface area contributed by atoms with Crippen molar-refractivity contribution in [2.24, 2.45) is 0 Å². The third-order valence-electron chi connectivity index (χ3n) is 6.17. The summed E-state index contributed by atoms with van der Waals surface area (Å²) in [6.07, 6.45) is 7.22. The lowest BCUT2D eigenvalue weighted by atomic mass is 9.90. The summed E-state index contributed by atoms with van der Waals surface area (Å²) in [7, 11) is -2.32. The summed E-state index contributed by atoms with van der Waals surface area (Å²) in [5, 5.41) is 0. The van der Waals surface area contributed by atoms with E-state index < -0.39 is 7.71 Å². The van der Waals surface area contributed by atoms with E-state index in [2.05, 4.69) is 76.4 Å². The predicted molar refractivity (Wildman–Crippen MR) is 117 cm³/mol. The molecule has 4 rings (SSSR count). The van der Waals surface area contributed by atoms with Gasteiger partial charge in [0.25, 0.3) is 0 Å². The van der Waals surface area contributed by atoms with E-state index in [0.717, 1.165) is 19.1 Å². The lowest BCUT2D eigenvalue weighted by molar-refractivity contribution is 0.197. The largest absolute Gasteiger partial charge is 0.312 e. The van der Waals surface area contributed by atoms with Crippen LogP contribution in [0, 0.1) is 0 Å². The van der Waals surface area contributed by atoms with Gasteiger partial charge in [0.05, 0.1) is 0 Å². The Bertz CT molecular complexity index is 694. The van der Waals surface area contributed by atoms with Crippen LogP contribution in [0.25, 0.3) is 0 Å². The Kier molecular flexibility index (Phi) is 5.84. The molecule has 2 aromatic carbocycles. The number of halogens is 1. The molecule has 2 atom stereocenters. The van der Waals surface area contributed by atoms with Crippen LogP contribution >= 0.6 is 11.1 Å². The first-order valence-electron chi connectivity index (χ1n) is 10.1. The van der Waals surface area contributed by atoms with Gasteiger partial charge >= 0.3 is 7.71 Å². The van der Waals surface area contributed by atoms with Crippen molar-refractivity contribution in [2.75, 3.05) is 0 Å². The van der Waals surface area contributed by atoms with E-state index in [0.29, 0.717) is 12.1 Å². The topological polar surface area (TPSA) is 6.48 Å². The summed E-state index contributed by atoms with van der Waals surface area (Å²) in [6, 6.07) is 23.7. The van der Waals surface area contributed by atoms with Gasteiger partial charge in [-0.3, -0.25) is 9.13 Å². The summed E-state index contributed by atoms with van der Waals surface area (Å²) >= 11 is 7.60. The maximum Gasteiger partial charge on any atom is 0.312 e. The van der Waals surface area contributed by atoms with E-state index in [1.165, 1.54) is 36.8 Å². The average molecular weight is 397 g/mol. The molecule has 2 aromatic rings. The first kappa shape index (κ1) is 18.9. The van der Waals surface area contributed by atoms with Gasteiger partial charge in [0.15, 0.2) is 0 Å². The second-order valence-corrected chi connectivity index (χ2v) is 12.7. The van der Waals surface area contributed by atoms with Gasteiger partial charge in [-0.25, -0.2) is 0 Å². The molecule has 2 fully saturated rings. The standard InChI is InChI=1S/C23H29ClN2Si/c1-2-17-27(24)25(18-20-11-5-3-6-12-20)22-15-9-10-16-23(22)26(27)19-21-13-7-4-8-14-21/h2-8,11-14,22-23H,1,9-10,15-19H2. The van der Waals surface area contributed by atoms with E-state index in [-0.39, 0.29) is 0 Å². The molecule has 1 aliphatic carbocycles. The SMILES string of the molecule is C=CC[Si]1(Cl)N(Cc2ccccc2)C2CCCCC2N1Cc1ccccc1. The van der Waals surface area contributed by atoms with Crippen LogP contribution < -0.4 is 0 Å². The molecule has 1 saturated heterocycles. The molecule has 2 nitrogen and oxygen atoms in total. The highest BCUT2D eigenvalue weighted by Gasteiger charge is 2.58. The molecule has 0 radical (unpaired) electrons. The Morgan fingerprint density at radius 2 is 1.30 bits per heavy atom. The first-order chi connectivity index (χ1) is 13.2. The number of hydrogen-bond donors (Lipinski definition) is 0. The van der Waals surface area contributed by atoms with Crippen molar-refractivity contribution in [1.82, 2.24) is 9.13 Å². The smallest absolute Gasteiger partial charge is 0.291 e. The van der Waals surface area contributed by atoms with Gasteiger partial charge in [-0.15, -0.1) is 17.7 Å². The summed E-state index contributed by atoms with van der Waals surface area (Å²) in [5.74, 6) is 0. The van der Waals surface area contributed by atoms with Crippen LogP contribution in [0.3, 0.4) is 0 Å². The van der Waals surface area contributed by atoms with Gasteiger partial charge in [-0.05, 0) is 24.0 Å². The maximum atomic E-state index is 7.60. The van der Waals surface area contributed by atoms with Crippen LogP contribution in [0.15, 0.2) is 73.3 Å². The molecular weight excluding hydrogens is 368 g/mol. The molecule has 1 heterocycles. The lowest BCUT2D eigenvalue weighted by Crippen LogP contribution is -2.55. The minimum atomic E-state index is -2.32. The summed E-state index contributed by atoms with van der Waals surface area (Å²) in [5.41, 5.74) is 2.73. The van der Waals surface area contributed by atoms with E-state index in [4.69, 9.17) is 11.1 Å². The lowest BCUT2D eigenvalue weighted by Gasteiger charge is -2.37. The van der Waals surface area contributed by atoms with Crippen LogP contribution in [0.1, 0.15) is 36.8 Å². The number of fused-ring (bicyclic) bond motifs is 1. The van der Waals surface area contributed by atoms with Crippen molar-refractivity contribution < 1.29 is 0 Å². The van der Waals surface area contributed by atoms with Crippen molar-refractivity contribution in [2.45, 2.75) is 56.9 Å². The van der Waals surface area contributed by atoms with Crippen molar-refractivity contribution in [3.05, 3.63) is 84.4 Å². The fourth-order valence-electron chi connectivity index (χ4n) is 4.95. The number of hydrogen-bond acceptors (Lipinski definition) is 2. The quantitative estimate of drug-likeness (QED) is 0.352.